The number of nitrogens with two attached hydrogens (primary N) is 1. The maximum Gasteiger partial charge on any atom is 0.189 e. The fourth-order valence-corrected chi connectivity index (χ4v) is 2.02. The predicted octanol–water partition coefficient (Wildman–Crippen LogP) is 2.56. The molecule has 0 atom stereocenters. The maximum absolute atomic E-state index is 5.98. The molecule has 2 aromatic carbocycles. The van der Waals surface area contributed by atoms with Crippen LogP contribution < -0.4 is 5.73 Å². The summed E-state index contributed by atoms with van der Waals surface area (Å²) in [5.41, 5.74) is 8.15. The van der Waals surface area contributed by atoms with Crippen molar-refractivity contribution in [3.8, 4) is 17.1 Å². The number of para-hydroxylation sites is 1. The van der Waals surface area contributed by atoms with E-state index < -0.39 is 0 Å². The predicted molar refractivity (Wildman–Crippen MR) is 74.0 cm³/mol. The Bertz CT molecular complexity index is 722. The first-order valence-corrected chi connectivity index (χ1v) is 6.03. The summed E-state index contributed by atoms with van der Waals surface area (Å²) in [6.45, 7) is 0. The number of halogens is 1. The minimum Gasteiger partial charge on any atom is -0.398 e. The van der Waals surface area contributed by atoms with E-state index in [0.717, 1.165) is 11.3 Å². The van der Waals surface area contributed by atoms with E-state index in [-0.39, 0.29) is 0 Å². The average Bonchev–Trinajstić information content (AvgIpc) is 2.88. The molecule has 1 heterocycles. The summed E-state index contributed by atoms with van der Waals surface area (Å²) in [5, 5.41) is 12.4. The number of nitrogens with zero attached hydrogens (tertiary/aromatic N) is 4. The van der Waals surface area contributed by atoms with Crippen molar-refractivity contribution in [2.45, 2.75) is 0 Å². The van der Waals surface area contributed by atoms with E-state index in [4.69, 9.17) is 17.3 Å². The van der Waals surface area contributed by atoms with Gasteiger partial charge in [-0.3, -0.25) is 0 Å². The standard InChI is InChI=1S/C13H10ClN5/c14-9-4-3-5-10(8-9)19-13(16-17-18-19)11-6-1-2-7-12(11)15/h1-8H,15H2. The van der Waals surface area contributed by atoms with Crippen molar-refractivity contribution in [3.05, 3.63) is 53.6 Å². The van der Waals surface area contributed by atoms with E-state index in [1.807, 2.05) is 36.4 Å². The number of rotatable bonds is 2. The molecule has 0 saturated carbocycles. The molecule has 0 aliphatic heterocycles. The van der Waals surface area contributed by atoms with Gasteiger partial charge in [0, 0.05) is 16.3 Å². The molecule has 6 heteroatoms. The summed E-state index contributed by atoms with van der Waals surface area (Å²) in [7, 11) is 0. The Labute approximate surface area is 114 Å². The van der Waals surface area contributed by atoms with Gasteiger partial charge >= 0.3 is 0 Å². The van der Waals surface area contributed by atoms with Crippen LogP contribution in [0.3, 0.4) is 0 Å². The van der Waals surface area contributed by atoms with Crippen LogP contribution in [0.2, 0.25) is 5.02 Å². The van der Waals surface area contributed by atoms with Gasteiger partial charge in [-0.25, -0.2) is 0 Å². The minimum atomic E-state index is 0.584. The molecular weight excluding hydrogens is 262 g/mol. The lowest BCUT2D eigenvalue weighted by molar-refractivity contribution is 0.791. The smallest absolute Gasteiger partial charge is 0.189 e. The first-order valence-electron chi connectivity index (χ1n) is 5.65. The van der Waals surface area contributed by atoms with Crippen LogP contribution >= 0.6 is 11.6 Å². The van der Waals surface area contributed by atoms with Gasteiger partial charge < -0.3 is 5.73 Å². The summed E-state index contributed by atoms with van der Waals surface area (Å²) >= 11 is 5.98. The highest BCUT2D eigenvalue weighted by molar-refractivity contribution is 6.30. The first kappa shape index (κ1) is 11.7. The van der Waals surface area contributed by atoms with Crippen LogP contribution in [0, 0.1) is 0 Å². The van der Waals surface area contributed by atoms with Gasteiger partial charge in [0.15, 0.2) is 5.82 Å². The van der Waals surface area contributed by atoms with E-state index in [9.17, 15) is 0 Å². The second-order valence-corrected chi connectivity index (χ2v) is 4.42. The Morgan fingerprint density at radius 2 is 1.89 bits per heavy atom. The number of tetrazole rings is 1. The molecule has 0 unspecified atom stereocenters. The topological polar surface area (TPSA) is 69.6 Å². The molecule has 5 nitrogen and oxygen atoms in total. The Morgan fingerprint density at radius 1 is 1.05 bits per heavy atom. The quantitative estimate of drug-likeness (QED) is 0.727. The Hall–Kier alpha value is -2.40. The van der Waals surface area contributed by atoms with Crippen LogP contribution in [0.25, 0.3) is 17.1 Å². The monoisotopic (exact) mass is 271 g/mol. The molecule has 1 aromatic heterocycles. The summed E-state index contributed by atoms with van der Waals surface area (Å²) in [6.07, 6.45) is 0. The van der Waals surface area contributed by atoms with Gasteiger partial charge in [0.25, 0.3) is 0 Å². The molecule has 94 valence electrons. The highest BCUT2D eigenvalue weighted by atomic mass is 35.5. The van der Waals surface area contributed by atoms with E-state index in [2.05, 4.69) is 15.5 Å². The third-order valence-electron chi connectivity index (χ3n) is 2.72. The molecule has 3 aromatic rings. The summed E-state index contributed by atoms with van der Waals surface area (Å²) in [5.74, 6) is 0.584. The average molecular weight is 272 g/mol. The molecule has 0 radical (unpaired) electrons. The lowest BCUT2D eigenvalue weighted by atomic mass is 10.1. The van der Waals surface area contributed by atoms with Gasteiger partial charge in [-0.1, -0.05) is 29.8 Å². The molecule has 0 aliphatic rings. The molecule has 2 N–H and O–H groups in total. The van der Waals surface area contributed by atoms with Crippen molar-refractivity contribution in [2.75, 3.05) is 5.73 Å². The van der Waals surface area contributed by atoms with Gasteiger partial charge in [-0.05, 0) is 40.8 Å². The second kappa shape index (κ2) is 4.70. The highest BCUT2D eigenvalue weighted by Gasteiger charge is 2.12. The van der Waals surface area contributed by atoms with Crippen molar-refractivity contribution in [2.24, 2.45) is 0 Å². The Morgan fingerprint density at radius 3 is 2.68 bits per heavy atom. The van der Waals surface area contributed by atoms with Gasteiger partial charge in [-0.2, -0.15) is 4.68 Å². The third-order valence-corrected chi connectivity index (χ3v) is 2.96. The molecule has 3 rings (SSSR count). The van der Waals surface area contributed by atoms with Crippen molar-refractivity contribution in [3.63, 3.8) is 0 Å². The van der Waals surface area contributed by atoms with E-state index >= 15 is 0 Å². The fourth-order valence-electron chi connectivity index (χ4n) is 1.84. The van der Waals surface area contributed by atoms with Gasteiger partial charge in [0.1, 0.15) is 0 Å². The van der Waals surface area contributed by atoms with Crippen LogP contribution in [0.5, 0.6) is 0 Å². The Kier molecular flexibility index (Phi) is 2.89. The fraction of sp³-hybridized carbons (Fsp3) is 0. The largest absolute Gasteiger partial charge is 0.398 e. The number of hydrogen-bond donors (Lipinski definition) is 1. The SMILES string of the molecule is Nc1ccccc1-c1nnnn1-c1cccc(Cl)c1. The van der Waals surface area contributed by atoms with Crippen LogP contribution in [-0.2, 0) is 0 Å². The number of hydrogen-bond acceptors (Lipinski definition) is 4. The van der Waals surface area contributed by atoms with Crippen LogP contribution in [0.1, 0.15) is 0 Å². The molecular formula is C13H10ClN5. The van der Waals surface area contributed by atoms with Crippen molar-refractivity contribution in [1.29, 1.82) is 0 Å². The minimum absolute atomic E-state index is 0.584. The molecule has 19 heavy (non-hydrogen) atoms. The zero-order valence-electron chi connectivity index (χ0n) is 9.86. The zero-order valence-corrected chi connectivity index (χ0v) is 10.6. The van der Waals surface area contributed by atoms with E-state index in [1.54, 1.807) is 16.8 Å². The molecule has 0 saturated heterocycles. The zero-order chi connectivity index (χ0) is 13.2. The van der Waals surface area contributed by atoms with Gasteiger partial charge in [0.05, 0.1) is 5.69 Å². The molecule has 0 aliphatic carbocycles. The summed E-state index contributed by atoms with van der Waals surface area (Å²) < 4.78 is 1.61. The summed E-state index contributed by atoms with van der Waals surface area (Å²) in [6, 6.07) is 14.8. The van der Waals surface area contributed by atoms with Crippen LogP contribution in [-0.4, -0.2) is 20.2 Å². The number of aromatic nitrogens is 4. The number of nitrogen functional groups attached to an aromatic ring is 1. The van der Waals surface area contributed by atoms with E-state index in [1.165, 1.54) is 0 Å². The summed E-state index contributed by atoms with van der Waals surface area (Å²) in [4.78, 5) is 0. The van der Waals surface area contributed by atoms with Gasteiger partial charge in [-0.15, -0.1) is 5.10 Å². The van der Waals surface area contributed by atoms with E-state index in [0.29, 0.717) is 16.5 Å². The molecule has 0 spiro atoms. The van der Waals surface area contributed by atoms with Gasteiger partial charge in [0.2, 0.25) is 0 Å². The number of anilines is 1. The molecule has 0 fully saturated rings. The first-order chi connectivity index (χ1) is 9.25. The lowest BCUT2D eigenvalue weighted by Crippen LogP contribution is -2.01. The van der Waals surface area contributed by atoms with Crippen LogP contribution in [0.15, 0.2) is 48.5 Å². The maximum atomic E-state index is 5.98. The highest BCUT2D eigenvalue weighted by Crippen LogP contribution is 2.25. The second-order valence-electron chi connectivity index (χ2n) is 3.98. The third kappa shape index (κ3) is 2.15. The number of benzene rings is 2. The van der Waals surface area contributed by atoms with Crippen molar-refractivity contribution >= 4 is 17.3 Å². The molecule has 0 amide bonds. The van der Waals surface area contributed by atoms with Crippen molar-refractivity contribution in [1.82, 2.24) is 20.2 Å². The van der Waals surface area contributed by atoms with Crippen LogP contribution in [0.4, 0.5) is 5.69 Å². The van der Waals surface area contributed by atoms with Crippen molar-refractivity contribution < 1.29 is 0 Å². The lowest BCUT2D eigenvalue weighted by Gasteiger charge is -2.06. The Balaban J connectivity index is 2.16. The molecule has 0 bridgehead atoms. The normalized spacial score (nSPS) is 10.6.